The van der Waals surface area contributed by atoms with Gasteiger partial charge in [-0.25, -0.2) is 0 Å². The van der Waals surface area contributed by atoms with Gasteiger partial charge in [-0.05, 0) is 55.2 Å². The molecule has 3 saturated carbocycles. The summed E-state index contributed by atoms with van der Waals surface area (Å²) in [6.45, 7) is 0. The Morgan fingerprint density at radius 3 is 2.75 bits per heavy atom. The van der Waals surface area contributed by atoms with Crippen LogP contribution in [-0.4, -0.2) is 41.6 Å². The van der Waals surface area contributed by atoms with E-state index >= 15 is 0 Å². The number of aromatic nitrogens is 1. The zero-order valence-corrected chi connectivity index (χ0v) is 20.0. The number of methoxy groups -OCH3 is 1. The van der Waals surface area contributed by atoms with Gasteiger partial charge >= 0.3 is 0 Å². The molecule has 1 aliphatic heterocycles. The zero-order valence-electron chi connectivity index (χ0n) is 20.0. The van der Waals surface area contributed by atoms with Crippen molar-refractivity contribution in [2.75, 3.05) is 7.11 Å². The van der Waals surface area contributed by atoms with Crippen LogP contribution in [-0.2, 0) is 14.4 Å². The molecule has 3 aliphatic carbocycles. The van der Waals surface area contributed by atoms with Crippen LogP contribution in [0.1, 0.15) is 49.0 Å². The highest BCUT2D eigenvalue weighted by Gasteiger charge is 2.67. The number of H-pyrrole nitrogens is 1. The normalized spacial score (nSPS) is 31.1. The zero-order chi connectivity index (χ0) is 25.2. The number of Topliss-reactive ketones (excluding diaryl/α,β-unsaturated/α-hetero) is 1. The minimum atomic E-state index is -0.980. The second kappa shape index (κ2) is 8.19. The van der Waals surface area contributed by atoms with E-state index in [0.717, 1.165) is 23.7 Å². The summed E-state index contributed by atoms with van der Waals surface area (Å²) >= 11 is 0. The van der Waals surface area contributed by atoms with E-state index in [-0.39, 0.29) is 47.7 Å². The Bertz CT molecular complexity index is 1340. The van der Waals surface area contributed by atoms with E-state index in [0.29, 0.717) is 36.6 Å². The first-order chi connectivity index (χ1) is 17.3. The van der Waals surface area contributed by atoms with E-state index in [1.54, 1.807) is 13.2 Å². The van der Waals surface area contributed by atoms with Gasteiger partial charge in [0.15, 0.2) is 5.78 Å². The van der Waals surface area contributed by atoms with Gasteiger partial charge in [0.2, 0.25) is 11.8 Å². The lowest BCUT2D eigenvalue weighted by molar-refractivity contribution is -0.128. The van der Waals surface area contributed by atoms with Crippen molar-refractivity contribution < 1.29 is 23.9 Å². The maximum Gasteiger partial charge on any atom is 0.268 e. The second-order valence-electron chi connectivity index (χ2n) is 10.9. The van der Waals surface area contributed by atoms with Gasteiger partial charge in [0.25, 0.3) is 5.91 Å². The molecule has 1 aromatic carbocycles. The minimum Gasteiger partial charge on any atom is -0.496 e. The molecule has 1 aromatic heterocycles. The third-order valence-electron chi connectivity index (χ3n) is 8.83. The monoisotopic (exact) mass is 488 g/mol. The van der Waals surface area contributed by atoms with Crippen LogP contribution in [0.5, 0.6) is 5.75 Å². The van der Waals surface area contributed by atoms with E-state index < -0.39 is 17.4 Å². The van der Waals surface area contributed by atoms with Crippen molar-refractivity contribution >= 4 is 34.4 Å². The van der Waals surface area contributed by atoms with Crippen LogP contribution in [0, 0.1) is 46.3 Å². The number of fused-ring (bicyclic) bond motifs is 6. The van der Waals surface area contributed by atoms with E-state index in [4.69, 9.17) is 4.74 Å². The van der Waals surface area contributed by atoms with Gasteiger partial charge in [-0.3, -0.25) is 24.5 Å². The van der Waals surface area contributed by atoms with Gasteiger partial charge in [0.05, 0.1) is 36.5 Å². The number of nitriles is 1. The van der Waals surface area contributed by atoms with Crippen molar-refractivity contribution in [3.63, 3.8) is 0 Å². The fourth-order valence-electron chi connectivity index (χ4n) is 7.00. The second-order valence-corrected chi connectivity index (χ2v) is 10.9. The molecule has 4 aliphatic rings. The summed E-state index contributed by atoms with van der Waals surface area (Å²) in [5.41, 5.74) is 0.113. The maximum atomic E-state index is 13.6. The van der Waals surface area contributed by atoms with Crippen LogP contribution in [0.15, 0.2) is 24.3 Å². The number of ketones is 1. The summed E-state index contributed by atoms with van der Waals surface area (Å²) in [5.74, 6) is -1.38. The first-order valence-electron chi connectivity index (χ1n) is 12.6. The van der Waals surface area contributed by atoms with Crippen molar-refractivity contribution in [1.29, 1.82) is 5.26 Å². The van der Waals surface area contributed by atoms with Crippen LogP contribution in [0.4, 0.5) is 0 Å². The van der Waals surface area contributed by atoms with Crippen molar-refractivity contribution in [3.05, 3.63) is 30.0 Å². The van der Waals surface area contributed by atoms with E-state index in [1.807, 2.05) is 18.2 Å². The minimum absolute atomic E-state index is 0.0203. The molecular weight excluding hydrogens is 460 g/mol. The smallest absolute Gasteiger partial charge is 0.268 e. The molecule has 0 radical (unpaired) electrons. The SMILES string of the molecule is COc1cccc2[nH]c(C(=O)NC(CC3CC3)C(=O)CC3(C#N)CC4CC3[C@H]3C(=O)NC(=O)[C@@H]43)cc12. The molecule has 9 heteroatoms. The largest absolute Gasteiger partial charge is 0.496 e. The number of amides is 3. The molecule has 3 amide bonds. The molecule has 3 N–H and O–H groups in total. The number of carbonyl (C=O) groups is 4. The predicted molar refractivity (Wildman–Crippen MR) is 127 cm³/mol. The van der Waals surface area contributed by atoms with Gasteiger partial charge in [0, 0.05) is 17.3 Å². The van der Waals surface area contributed by atoms with Crippen LogP contribution < -0.4 is 15.4 Å². The molecule has 2 bridgehead atoms. The van der Waals surface area contributed by atoms with Gasteiger partial charge in [-0.2, -0.15) is 5.26 Å². The quantitative estimate of drug-likeness (QED) is 0.488. The Morgan fingerprint density at radius 1 is 1.25 bits per heavy atom. The molecule has 0 spiro atoms. The molecule has 186 valence electrons. The fourth-order valence-corrected chi connectivity index (χ4v) is 7.00. The number of rotatable bonds is 8. The third-order valence-corrected chi connectivity index (χ3v) is 8.83. The lowest BCUT2D eigenvalue weighted by Gasteiger charge is -2.36. The highest BCUT2D eigenvalue weighted by Crippen LogP contribution is 2.63. The average molecular weight is 489 g/mol. The van der Waals surface area contributed by atoms with Gasteiger partial charge in [-0.1, -0.05) is 18.9 Å². The molecule has 2 heterocycles. The summed E-state index contributed by atoms with van der Waals surface area (Å²) < 4.78 is 5.38. The highest BCUT2D eigenvalue weighted by molar-refractivity contribution is 6.06. The van der Waals surface area contributed by atoms with Gasteiger partial charge < -0.3 is 15.0 Å². The lowest BCUT2D eigenvalue weighted by atomic mass is 9.63. The lowest BCUT2D eigenvalue weighted by Crippen LogP contribution is -2.46. The van der Waals surface area contributed by atoms with Gasteiger partial charge in [0.1, 0.15) is 11.4 Å². The Kier molecular flexibility index (Phi) is 5.18. The van der Waals surface area contributed by atoms with Crippen LogP contribution in [0.3, 0.4) is 0 Å². The summed E-state index contributed by atoms with van der Waals surface area (Å²) in [4.78, 5) is 54.6. The first-order valence-corrected chi connectivity index (χ1v) is 12.6. The number of nitrogens with one attached hydrogen (secondary N) is 3. The highest BCUT2D eigenvalue weighted by atomic mass is 16.5. The molecule has 6 rings (SSSR count). The molecule has 2 aromatic rings. The number of ether oxygens (including phenoxy) is 1. The number of carbonyl (C=O) groups excluding carboxylic acids is 4. The Labute approximate surface area is 207 Å². The molecule has 4 fully saturated rings. The van der Waals surface area contributed by atoms with Crippen molar-refractivity contribution in [2.24, 2.45) is 35.0 Å². The van der Waals surface area contributed by atoms with Crippen LogP contribution in [0.25, 0.3) is 10.9 Å². The molecule has 9 nitrogen and oxygen atoms in total. The molecule has 4 unspecified atom stereocenters. The summed E-state index contributed by atoms with van der Waals surface area (Å²) in [6, 6.07) is 8.88. The topological polar surface area (TPSA) is 141 Å². The number of hydrogen-bond acceptors (Lipinski definition) is 6. The molecule has 1 saturated heterocycles. The number of hydrogen-bond donors (Lipinski definition) is 3. The summed E-state index contributed by atoms with van der Waals surface area (Å²) in [7, 11) is 1.57. The number of nitrogens with zero attached hydrogens (tertiary/aromatic N) is 1. The van der Waals surface area contributed by atoms with E-state index in [9.17, 15) is 24.4 Å². The molecule has 36 heavy (non-hydrogen) atoms. The van der Waals surface area contributed by atoms with Crippen LogP contribution >= 0.6 is 0 Å². The summed E-state index contributed by atoms with van der Waals surface area (Å²) in [6.07, 6.45) is 3.61. The number of imide groups is 1. The van der Waals surface area contributed by atoms with Crippen molar-refractivity contribution in [2.45, 2.75) is 44.6 Å². The van der Waals surface area contributed by atoms with E-state index in [2.05, 4.69) is 21.7 Å². The third kappa shape index (κ3) is 3.50. The van der Waals surface area contributed by atoms with Gasteiger partial charge in [-0.15, -0.1) is 0 Å². The average Bonchev–Trinajstić information content (AvgIpc) is 3.19. The number of benzene rings is 1. The van der Waals surface area contributed by atoms with Crippen molar-refractivity contribution in [3.8, 4) is 11.8 Å². The van der Waals surface area contributed by atoms with Crippen LogP contribution in [0.2, 0.25) is 0 Å². The van der Waals surface area contributed by atoms with E-state index in [1.165, 1.54) is 0 Å². The summed E-state index contributed by atoms with van der Waals surface area (Å²) in [5, 5.41) is 16.3. The fraction of sp³-hybridized carbons (Fsp3) is 0.519. The maximum absolute atomic E-state index is 13.6. The Balaban J connectivity index is 1.22. The molecular formula is C27H28N4O5. The Morgan fingerprint density at radius 2 is 2.03 bits per heavy atom. The molecule has 6 atom stereocenters. The van der Waals surface area contributed by atoms with Crippen molar-refractivity contribution in [1.82, 2.24) is 15.6 Å². The standard InChI is InChI=1S/C27H28N4O5/c1-36-21-4-2-3-17-15(21)9-19(29-17)24(33)30-18(7-13-5-6-13)20(32)11-27(12-28)10-14-8-16(27)23-22(14)25(34)31-26(23)35/h2-4,9,13-14,16,18,22-23,29H,5-8,10-11H2,1H3,(H,30,33)(H,31,34,35)/t14?,16?,18?,22-,23+,27?/m0/s1. The predicted octanol–water partition coefficient (Wildman–Crippen LogP) is 2.47. The first kappa shape index (κ1) is 22.8. The number of aromatic amines is 1. The Hall–Kier alpha value is -3.67.